The molecule has 0 saturated carbocycles. The second-order valence-electron chi connectivity index (χ2n) is 12.3. The normalized spacial score (nSPS) is 22.9. The van der Waals surface area contributed by atoms with Crippen LogP contribution in [-0.4, -0.2) is 74.8 Å². The van der Waals surface area contributed by atoms with Crippen molar-refractivity contribution < 1.29 is 29.8 Å². The Morgan fingerprint density at radius 2 is 0.784 bits per heavy atom. The molecule has 0 amide bonds. The lowest BCUT2D eigenvalue weighted by atomic mass is 9.93. The average Bonchev–Trinajstić information content (AvgIpc) is 2.83. The van der Waals surface area contributed by atoms with Crippen LogP contribution in [0.2, 0.25) is 0 Å². The van der Waals surface area contributed by atoms with Crippen molar-refractivity contribution in [3.63, 3.8) is 0 Å². The van der Waals surface area contributed by atoms with Crippen molar-refractivity contribution in [1.29, 1.82) is 0 Å². The van der Waals surface area contributed by atoms with E-state index in [4.69, 9.17) is 29.8 Å². The molecule has 0 aliphatic heterocycles. The molecule has 0 aromatic carbocycles. The van der Waals surface area contributed by atoms with Gasteiger partial charge in [-0.15, -0.1) is 0 Å². The third kappa shape index (κ3) is 15.2. The maximum absolute atomic E-state index is 7.89. The van der Waals surface area contributed by atoms with Crippen LogP contribution in [0.15, 0.2) is 0 Å². The van der Waals surface area contributed by atoms with Crippen LogP contribution >= 0.6 is 0 Å². The first kappa shape index (κ1) is 34.8. The van der Waals surface area contributed by atoms with Crippen molar-refractivity contribution >= 4 is 0 Å². The molecule has 37 heavy (non-hydrogen) atoms. The summed E-state index contributed by atoms with van der Waals surface area (Å²) in [5.74, 6) is 0.902. The molecule has 0 bridgehead atoms. The summed E-state index contributed by atoms with van der Waals surface area (Å²) < 4.78 is 45.3. The molecule has 0 N–H and O–H groups in total. The Bertz CT molecular complexity index is 522. The minimum absolute atomic E-state index is 0.0240. The topological polar surface area (TPSA) is 55.4 Å². The second kappa shape index (κ2) is 18.2. The van der Waals surface area contributed by atoms with Crippen LogP contribution in [0.25, 0.3) is 0 Å². The summed E-state index contributed by atoms with van der Waals surface area (Å²) in [5.41, 5.74) is -0.377. The van der Waals surface area contributed by atoms with Crippen molar-refractivity contribution in [2.75, 3.05) is 19.8 Å². The van der Waals surface area contributed by atoms with E-state index in [9.17, 15) is 0 Å². The maximum atomic E-state index is 7.89. The van der Waals surface area contributed by atoms with Gasteiger partial charge in [-0.2, -0.15) is 0 Å². The molecule has 0 spiro atoms. The molecule has 0 aromatic heterocycles. The molecule has 6 nitrogen and oxygen atoms in total. The molecule has 0 aliphatic carbocycles. The van der Waals surface area contributed by atoms with E-state index in [1.165, 1.54) is 0 Å². The minimum Gasteiger partial charge on any atom is -0.375 e. The second-order valence-corrected chi connectivity index (χ2v) is 12.3. The lowest BCUT2D eigenvalue weighted by molar-refractivity contribution is -0.158. The predicted molar refractivity (Wildman–Crippen MR) is 154 cm³/mol. The average molecular weight is 535 g/mol. The first-order chi connectivity index (χ1) is 17.4. The Kier molecular flexibility index (Phi) is 17.1. The van der Waals surface area contributed by atoms with Gasteiger partial charge >= 0.3 is 0 Å². The maximum Gasteiger partial charge on any atom is 0.0809 e. The van der Waals surface area contributed by atoms with Crippen LogP contribution in [0.4, 0.5) is 0 Å². The third-order valence-electron chi connectivity index (χ3n) is 7.70. The zero-order chi connectivity index (χ0) is 29.8. The highest BCUT2D eigenvalue weighted by atomic mass is 16.6. The van der Waals surface area contributed by atoms with Gasteiger partial charge in [0.05, 0.1) is 74.8 Å². The fourth-order valence-electron chi connectivity index (χ4n) is 3.27. The minimum atomic E-state index is -0.377. The molecule has 10 atom stereocenters. The highest BCUT2D eigenvalue weighted by Gasteiger charge is 2.32. The summed E-state index contributed by atoms with van der Waals surface area (Å²) in [6.45, 7) is 32.5. The summed E-state index contributed by atoms with van der Waals surface area (Å²) in [6.07, 6.45) is -0.547. The van der Waals surface area contributed by atoms with E-state index in [0.717, 1.165) is 0 Å². The molecule has 0 aliphatic rings. The summed E-state index contributed by atoms with van der Waals surface area (Å²) in [6, 6.07) is 0. The summed E-state index contributed by atoms with van der Waals surface area (Å²) in [7, 11) is 0. The van der Waals surface area contributed by atoms with Gasteiger partial charge in [-0.25, -0.2) is 0 Å². The van der Waals surface area contributed by atoms with Gasteiger partial charge in [-0.05, 0) is 80.5 Å². The third-order valence-corrected chi connectivity index (χ3v) is 7.70. The molecule has 10 unspecified atom stereocenters. The molecule has 0 heterocycles. The van der Waals surface area contributed by atoms with Crippen LogP contribution in [0.1, 0.15) is 112 Å². The molecular formula is C31H64O6. The highest BCUT2D eigenvalue weighted by molar-refractivity contribution is 4.78. The number of hydrogen-bond acceptors (Lipinski definition) is 6. The van der Waals surface area contributed by atoms with Crippen molar-refractivity contribution in [3.05, 3.63) is 0 Å². The Morgan fingerprint density at radius 3 is 1.05 bits per heavy atom. The Balaban J connectivity index is 5.28. The SMILES string of the molecule is [3H]C(C)C(C)OC(C)C(C)OCC(C)(COC(C)C(C)OC(C)C(C)C)COC(C)C(C)OC(C)C(C)C. The van der Waals surface area contributed by atoms with Crippen molar-refractivity contribution in [2.24, 2.45) is 17.3 Å². The van der Waals surface area contributed by atoms with Crippen LogP contribution in [0, 0.1) is 17.3 Å². The monoisotopic (exact) mass is 534 g/mol. The quantitative estimate of drug-likeness (QED) is 0.154. The van der Waals surface area contributed by atoms with Crippen LogP contribution < -0.4 is 0 Å². The van der Waals surface area contributed by atoms with E-state index in [2.05, 4.69) is 76.2 Å². The van der Waals surface area contributed by atoms with Gasteiger partial charge in [0.25, 0.3) is 0 Å². The van der Waals surface area contributed by atoms with Gasteiger partial charge in [0.1, 0.15) is 0 Å². The smallest absolute Gasteiger partial charge is 0.0809 e. The Morgan fingerprint density at radius 1 is 0.486 bits per heavy atom. The van der Waals surface area contributed by atoms with Crippen LogP contribution in [0.3, 0.4) is 0 Å². The number of rotatable bonds is 21. The largest absolute Gasteiger partial charge is 0.375 e. The lowest BCUT2D eigenvalue weighted by Gasteiger charge is -2.36. The molecule has 6 heteroatoms. The van der Waals surface area contributed by atoms with E-state index in [-0.39, 0.29) is 66.7 Å². The van der Waals surface area contributed by atoms with E-state index in [1.54, 1.807) is 0 Å². The number of ether oxygens (including phenoxy) is 6. The molecule has 0 aromatic rings. The Labute approximate surface area is 232 Å². The van der Waals surface area contributed by atoms with Crippen LogP contribution in [0.5, 0.6) is 0 Å². The van der Waals surface area contributed by atoms with E-state index < -0.39 is 0 Å². The molecule has 0 rings (SSSR count). The fourth-order valence-corrected chi connectivity index (χ4v) is 3.27. The molecule has 0 fully saturated rings. The molecule has 0 radical (unpaired) electrons. The van der Waals surface area contributed by atoms with E-state index in [1.807, 2.05) is 27.7 Å². The first-order valence-corrected chi connectivity index (χ1v) is 14.6. The van der Waals surface area contributed by atoms with Gasteiger partial charge in [-0.3, -0.25) is 0 Å². The zero-order valence-corrected chi connectivity index (χ0v) is 27.0. The Hall–Kier alpha value is -0.240. The van der Waals surface area contributed by atoms with E-state index >= 15 is 0 Å². The fraction of sp³-hybridized carbons (Fsp3) is 1.00. The van der Waals surface area contributed by atoms with Crippen molar-refractivity contribution in [2.45, 2.75) is 165 Å². The van der Waals surface area contributed by atoms with Crippen molar-refractivity contribution in [1.82, 2.24) is 0 Å². The van der Waals surface area contributed by atoms with Crippen molar-refractivity contribution in [3.8, 4) is 0 Å². The summed E-state index contributed by atoms with van der Waals surface area (Å²) in [5, 5.41) is 0. The lowest BCUT2D eigenvalue weighted by Crippen LogP contribution is -2.42. The zero-order valence-electron chi connectivity index (χ0n) is 28.0. The van der Waals surface area contributed by atoms with E-state index in [0.29, 0.717) is 31.7 Å². The summed E-state index contributed by atoms with van der Waals surface area (Å²) >= 11 is 0. The standard InChI is InChI=1S/C31H64O6/c1-16-22(6)35-28(12)25(9)32-17-31(15,18-33-26(10)29(13)36-23(7)20(2)3)19-34-27(11)30(14)37-24(8)21(4)5/h20-30H,16-19H2,1-15H3/i16T. The van der Waals surface area contributed by atoms with Gasteiger partial charge in [0, 0.05) is 6.79 Å². The first-order valence-electron chi connectivity index (χ1n) is 15.2. The molecule has 0 saturated heterocycles. The summed E-state index contributed by atoms with van der Waals surface area (Å²) in [4.78, 5) is 0. The van der Waals surface area contributed by atoms with Gasteiger partial charge in [0.15, 0.2) is 0 Å². The van der Waals surface area contributed by atoms with Gasteiger partial charge in [-0.1, -0.05) is 41.5 Å². The van der Waals surface area contributed by atoms with Gasteiger partial charge < -0.3 is 28.4 Å². The molecule has 224 valence electrons. The van der Waals surface area contributed by atoms with Crippen LogP contribution in [-0.2, 0) is 28.4 Å². The highest BCUT2D eigenvalue weighted by Crippen LogP contribution is 2.24. The van der Waals surface area contributed by atoms with Gasteiger partial charge in [0.2, 0.25) is 0 Å². The molecular weight excluding hydrogens is 468 g/mol. The predicted octanol–water partition coefficient (Wildman–Crippen LogP) is 7.31. The number of hydrogen-bond donors (Lipinski definition) is 0.